The molecule has 0 unspecified atom stereocenters. The molecule has 0 atom stereocenters. The highest BCUT2D eigenvalue weighted by Crippen LogP contribution is 2.34. The second-order valence-corrected chi connectivity index (χ2v) is 6.78. The first-order chi connectivity index (χ1) is 13.6. The lowest BCUT2D eigenvalue weighted by Crippen LogP contribution is -2.43. The molecule has 3 N–H and O–H groups in total. The van der Waals surface area contributed by atoms with E-state index in [-0.39, 0.29) is 37.5 Å². The summed E-state index contributed by atoms with van der Waals surface area (Å²) in [5, 5.41) is 8.54. The van der Waals surface area contributed by atoms with Gasteiger partial charge in [-0.3, -0.25) is 4.79 Å². The third-order valence-corrected chi connectivity index (χ3v) is 4.84. The number of urea groups is 1. The number of nitrogens with one attached hydrogen (secondary N) is 3. The Morgan fingerprint density at radius 1 is 0.929 bits per heavy atom. The van der Waals surface area contributed by atoms with Crippen LogP contribution in [0, 0.1) is 0 Å². The van der Waals surface area contributed by atoms with E-state index in [0.717, 1.165) is 31.2 Å². The predicted octanol–water partition coefficient (Wildman–Crippen LogP) is 2.35. The number of hydrogen-bond acceptors (Lipinski definition) is 5. The number of rotatable bonds is 9. The van der Waals surface area contributed by atoms with Crippen LogP contribution in [0.5, 0.6) is 17.2 Å². The predicted molar refractivity (Wildman–Crippen MR) is 106 cm³/mol. The summed E-state index contributed by atoms with van der Waals surface area (Å²) in [6.07, 6.45) is 5.82. The highest BCUT2D eigenvalue weighted by Gasteiger charge is 2.16. The van der Waals surface area contributed by atoms with Crippen molar-refractivity contribution in [3.63, 3.8) is 0 Å². The Morgan fingerprint density at radius 3 is 2.21 bits per heavy atom. The van der Waals surface area contributed by atoms with Crippen molar-refractivity contribution in [3.05, 3.63) is 17.7 Å². The minimum absolute atomic E-state index is 0.158. The molecule has 8 heteroatoms. The smallest absolute Gasteiger partial charge is 0.315 e. The monoisotopic (exact) mass is 393 g/mol. The Hall–Kier alpha value is -2.64. The molecule has 1 aliphatic rings. The molecule has 1 aromatic rings. The van der Waals surface area contributed by atoms with E-state index in [9.17, 15) is 9.59 Å². The van der Waals surface area contributed by atoms with Crippen LogP contribution in [0.4, 0.5) is 4.79 Å². The van der Waals surface area contributed by atoms with Gasteiger partial charge in [-0.15, -0.1) is 0 Å². The van der Waals surface area contributed by atoms with Gasteiger partial charge in [0.05, 0.1) is 21.3 Å². The lowest BCUT2D eigenvalue weighted by molar-refractivity contribution is -0.121. The average molecular weight is 393 g/mol. The van der Waals surface area contributed by atoms with Crippen LogP contribution in [0.2, 0.25) is 0 Å². The van der Waals surface area contributed by atoms with Gasteiger partial charge in [0, 0.05) is 37.2 Å². The van der Waals surface area contributed by atoms with Gasteiger partial charge in [0.1, 0.15) is 5.75 Å². The van der Waals surface area contributed by atoms with Gasteiger partial charge in [0.25, 0.3) is 0 Å². The molecule has 0 spiro atoms. The zero-order valence-electron chi connectivity index (χ0n) is 16.9. The largest absolute Gasteiger partial charge is 0.496 e. The summed E-state index contributed by atoms with van der Waals surface area (Å²) >= 11 is 0. The number of carbonyl (C=O) groups is 2. The first kappa shape index (κ1) is 21.7. The van der Waals surface area contributed by atoms with Crippen molar-refractivity contribution in [1.82, 2.24) is 16.0 Å². The molecule has 2 rings (SSSR count). The van der Waals surface area contributed by atoms with Crippen LogP contribution >= 0.6 is 0 Å². The zero-order chi connectivity index (χ0) is 20.4. The molecule has 1 aromatic carbocycles. The van der Waals surface area contributed by atoms with Gasteiger partial charge in [0.2, 0.25) is 5.91 Å². The molecule has 1 saturated carbocycles. The van der Waals surface area contributed by atoms with Gasteiger partial charge < -0.3 is 30.2 Å². The Kier molecular flexibility index (Phi) is 8.71. The zero-order valence-corrected chi connectivity index (χ0v) is 16.9. The minimum Gasteiger partial charge on any atom is -0.496 e. The van der Waals surface area contributed by atoms with E-state index < -0.39 is 0 Å². The van der Waals surface area contributed by atoms with E-state index >= 15 is 0 Å². The van der Waals surface area contributed by atoms with Crippen molar-refractivity contribution in [2.45, 2.75) is 51.1 Å². The molecule has 0 heterocycles. The lowest BCUT2D eigenvalue weighted by atomic mass is 9.96. The van der Waals surface area contributed by atoms with Crippen LogP contribution in [-0.2, 0) is 11.3 Å². The number of carbonyl (C=O) groups excluding carboxylic acids is 2. The first-order valence-corrected chi connectivity index (χ1v) is 9.67. The van der Waals surface area contributed by atoms with Gasteiger partial charge >= 0.3 is 6.03 Å². The number of ether oxygens (including phenoxy) is 3. The topological polar surface area (TPSA) is 97.9 Å². The average Bonchev–Trinajstić information content (AvgIpc) is 2.72. The summed E-state index contributed by atoms with van der Waals surface area (Å²) in [7, 11) is 4.66. The highest BCUT2D eigenvalue weighted by atomic mass is 16.5. The normalized spacial score (nSPS) is 14.1. The second kappa shape index (κ2) is 11.3. The fourth-order valence-corrected chi connectivity index (χ4v) is 3.29. The molecular formula is C20H31N3O5. The maximum Gasteiger partial charge on any atom is 0.315 e. The lowest BCUT2D eigenvalue weighted by Gasteiger charge is -2.22. The van der Waals surface area contributed by atoms with Gasteiger partial charge in [-0.1, -0.05) is 19.3 Å². The Bertz CT molecular complexity index is 659. The first-order valence-electron chi connectivity index (χ1n) is 9.67. The molecule has 0 saturated heterocycles. The Balaban J connectivity index is 1.75. The summed E-state index contributed by atoms with van der Waals surface area (Å²) in [6, 6.07) is 3.53. The molecule has 0 aromatic heterocycles. The molecule has 156 valence electrons. The van der Waals surface area contributed by atoms with Crippen molar-refractivity contribution in [1.29, 1.82) is 0 Å². The van der Waals surface area contributed by atoms with E-state index in [0.29, 0.717) is 17.2 Å². The molecule has 1 aliphatic carbocycles. The molecule has 0 aliphatic heterocycles. The molecule has 3 amide bonds. The third kappa shape index (κ3) is 6.51. The van der Waals surface area contributed by atoms with Crippen molar-refractivity contribution >= 4 is 11.9 Å². The SMILES string of the molecule is COc1cc(OC)c(OC)cc1CNC(=O)CCNC(=O)NC1CCCCC1. The molecular weight excluding hydrogens is 362 g/mol. The summed E-state index contributed by atoms with van der Waals surface area (Å²) in [5.41, 5.74) is 0.775. The van der Waals surface area contributed by atoms with Crippen molar-refractivity contribution < 1.29 is 23.8 Å². The van der Waals surface area contributed by atoms with Crippen LogP contribution in [-0.4, -0.2) is 45.9 Å². The van der Waals surface area contributed by atoms with E-state index in [4.69, 9.17) is 14.2 Å². The van der Waals surface area contributed by atoms with Gasteiger partial charge in [-0.05, 0) is 18.9 Å². The van der Waals surface area contributed by atoms with E-state index in [1.165, 1.54) is 6.42 Å². The highest BCUT2D eigenvalue weighted by molar-refractivity contribution is 5.78. The maximum absolute atomic E-state index is 12.1. The van der Waals surface area contributed by atoms with Crippen molar-refractivity contribution in [3.8, 4) is 17.2 Å². The molecule has 28 heavy (non-hydrogen) atoms. The fourth-order valence-electron chi connectivity index (χ4n) is 3.29. The minimum atomic E-state index is -0.207. The van der Waals surface area contributed by atoms with Crippen LogP contribution in [0.3, 0.4) is 0 Å². The van der Waals surface area contributed by atoms with Crippen molar-refractivity contribution in [2.24, 2.45) is 0 Å². The van der Waals surface area contributed by atoms with Crippen LogP contribution in [0.25, 0.3) is 0 Å². The summed E-state index contributed by atoms with van der Waals surface area (Å²) in [6.45, 7) is 0.573. The van der Waals surface area contributed by atoms with Crippen LogP contribution in [0.15, 0.2) is 12.1 Å². The van der Waals surface area contributed by atoms with Crippen LogP contribution < -0.4 is 30.2 Å². The second-order valence-electron chi connectivity index (χ2n) is 6.78. The van der Waals surface area contributed by atoms with Crippen LogP contribution in [0.1, 0.15) is 44.1 Å². The summed E-state index contributed by atoms with van der Waals surface area (Å²) < 4.78 is 15.9. The molecule has 8 nitrogen and oxygen atoms in total. The quantitative estimate of drug-likeness (QED) is 0.598. The number of methoxy groups -OCH3 is 3. The summed E-state index contributed by atoms with van der Waals surface area (Å²) in [5.74, 6) is 1.56. The number of amides is 3. The van der Waals surface area contributed by atoms with E-state index in [2.05, 4.69) is 16.0 Å². The standard InChI is InChI=1S/C20H31N3O5/c1-26-16-12-18(28-3)17(27-2)11-14(16)13-22-19(24)9-10-21-20(25)23-15-7-5-4-6-8-15/h11-12,15H,4-10,13H2,1-3H3,(H,22,24)(H2,21,23,25). The Labute approximate surface area is 166 Å². The molecule has 1 fully saturated rings. The number of benzene rings is 1. The Morgan fingerprint density at radius 2 is 1.57 bits per heavy atom. The fraction of sp³-hybridized carbons (Fsp3) is 0.600. The molecule has 0 bridgehead atoms. The number of hydrogen-bond donors (Lipinski definition) is 3. The van der Waals surface area contributed by atoms with Gasteiger partial charge in [-0.25, -0.2) is 4.79 Å². The van der Waals surface area contributed by atoms with Crippen molar-refractivity contribution in [2.75, 3.05) is 27.9 Å². The molecule has 0 radical (unpaired) electrons. The van der Waals surface area contributed by atoms with Gasteiger partial charge in [0.15, 0.2) is 11.5 Å². The summed E-state index contributed by atoms with van der Waals surface area (Å²) in [4.78, 5) is 24.0. The van der Waals surface area contributed by atoms with Gasteiger partial charge in [-0.2, -0.15) is 0 Å². The third-order valence-electron chi connectivity index (χ3n) is 4.84. The van der Waals surface area contributed by atoms with E-state index in [1.807, 2.05) is 0 Å². The maximum atomic E-state index is 12.1. The van der Waals surface area contributed by atoms with E-state index in [1.54, 1.807) is 33.5 Å².